The first-order valence-corrected chi connectivity index (χ1v) is 10.4. The molecule has 2 aliphatic heterocycles. The molecule has 0 bridgehead atoms. The second-order valence-electron chi connectivity index (χ2n) is 8.40. The molecular formula is C25H18O9. The molecule has 0 radical (unpaired) electrons. The molecule has 3 N–H and O–H groups in total. The summed E-state index contributed by atoms with van der Waals surface area (Å²) in [6.07, 6.45) is 0. The van der Waals surface area contributed by atoms with E-state index in [0.29, 0.717) is 16.7 Å². The number of esters is 2. The molecule has 2 saturated heterocycles. The van der Waals surface area contributed by atoms with E-state index in [2.05, 4.69) is 0 Å². The molecule has 4 atom stereocenters. The zero-order valence-corrected chi connectivity index (χ0v) is 17.7. The number of rotatable bonds is 4. The van der Waals surface area contributed by atoms with Crippen molar-refractivity contribution in [1.82, 2.24) is 0 Å². The summed E-state index contributed by atoms with van der Waals surface area (Å²) >= 11 is 0. The van der Waals surface area contributed by atoms with Crippen LogP contribution in [0.5, 0.6) is 0 Å². The van der Waals surface area contributed by atoms with Crippen molar-refractivity contribution in [2.45, 2.75) is 18.8 Å². The highest BCUT2D eigenvalue weighted by molar-refractivity contribution is 5.90. The van der Waals surface area contributed by atoms with E-state index in [-0.39, 0.29) is 28.4 Å². The third-order valence-electron chi connectivity index (χ3n) is 6.60. The van der Waals surface area contributed by atoms with Gasteiger partial charge in [0, 0.05) is 0 Å². The fourth-order valence-electron chi connectivity index (χ4n) is 4.94. The molecule has 1 aliphatic carbocycles. The highest BCUT2D eigenvalue weighted by Crippen LogP contribution is 2.55. The van der Waals surface area contributed by atoms with Gasteiger partial charge >= 0.3 is 23.9 Å². The van der Waals surface area contributed by atoms with Crippen molar-refractivity contribution in [3.63, 3.8) is 0 Å². The third-order valence-corrected chi connectivity index (χ3v) is 6.60. The van der Waals surface area contributed by atoms with Crippen LogP contribution in [0.2, 0.25) is 0 Å². The maximum absolute atomic E-state index is 12.8. The molecule has 2 heterocycles. The van der Waals surface area contributed by atoms with Gasteiger partial charge in [0.2, 0.25) is 0 Å². The van der Waals surface area contributed by atoms with Gasteiger partial charge in [0.15, 0.2) is 5.76 Å². The van der Waals surface area contributed by atoms with E-state index in [4.69, 9.17) is 19.7 Å². The van der Waals surface area contributed by atoms with Crippen LogP contribution >= 0.6 is 0 Å². The van der Waals surface area contributed by atoms with E-state index in [9.17, 15) is 24.3 Å². The summed E-state index contributed by atoms with van der Waals surface area (Å²) in [5.41, 5.74) is 1.63. The number of aliphatic hydroxyl groups is 1. The summed E-state index contributed by atoms with van der Waals surface area (Å²) in [5, 5.41) is 29.4. The van der Waals surface area contributed by atoms with Gasteiger partial charge in [-0.1, -0.05) is 24.3 Å². The predicted molar refractivity (Wildman–Crippen MR) is 114 cm³/mol. The van der Waals surface area contributed by atoms with Gasteiger partial charge in [-0.3, -0.25) is 9.59 Å². The average Bonchev–Trinajstić information content (AvgIpc) is 3.35. The normalized spacial score (nSPS) is 25.6. The van der Waals surface area contributed by atoms with Gasteiger partial charge in [0.25, 0.3) is 0 Å². The fourth-order valence-corrected chi connectivity index (χ4v) is 4.94. The average molecular weight is 462 g/mol. The Morgan fingerprint density at radius 1 is 0.676 bits per heavy atom. The van der Waals surface area contributed by atoms with Crippen molar-refractivity contribution in [1.29, 1.82) is 0 Å². The first-order chi connectivity index (χ1) is 16.2. The molecule has 0 spiro atoms. The number of aliphatic hydroxyl groups excluding tert-OH is 1. The van der Waals surface area contributed by atoms with E-state index < -0.39 is 47.5 Å². The second-order valence-corrected chi connectivity index (χ2v) is 8.40. The summed E-state index contributed by atoms with van der Waals surface area (Å²) in [5.74, 6) is -6.85. The quantitative estimate of drug-likeness (QED) is 0.582. The monoisotopic (exact) mass is 462 g/mol. The van der Waals surface area contributed by atoms with Crippen molar-refractivity contribution < 1.29 is 44.0 Å². The zero-order chi connectivity index (χ0) is 24.3. The number of carbonyl (C=O) groups is 4. The third kappa shape index (κ3) is 3.08. The number of carbonyl (C=O) groups excluding carboxylic acids is 2. The maximum atomic E-state index is 12.8. The van der Waals surface area contributed by atoms with Gasteiger partial charge in [0.1, 0.15) is 11.5 Å². The zero-order valence-electron chi connectivity index (χ0n) is 17.7. The minimum absolute atomic E-state index is 0.0361. The first-order valence-electron chi connectivity index (χ1n) is 10.4. The summed E-state index contributed by atoms with van der Waals surface area (Å²) in [6.45, 7) is 1.70. The Balaban J connectivity index is 1.55. The molecule has 34 heavy (non-hydrogen) atoms. The van der Waals surface area contributed by atoms with Crippen LogP contribution < -0.4 is 0 Å². The number of carboxylic acids is 2. The van der Waals surface area contributed by atoms with Crippen molar-refractivity contribution in [2.75, 3.05) is 0 Å². The van der Waals surface area contributed by atoms with E-state index in [1.54, 1.807) is 6.92 Å². The van der Waals surface area contributed by atoms with Gasteiger partial charge in [-0.25, -0.2) is 9.59 Å². The van der Waals surface area contributed by atoms with Crippen molar-refractivity contribution >= 4 is 23.9 Å². The SMILES string of the molecule is CC1=C2OC(=O)C(c3ccc(C(=O)O)cc3)C2C(O)=C2OC(=O)C(c3ccc(C(=O)O)cc3)C12. The van der Waals surface area contributed by atoms with Crippen LogP contribution in [0.15, 0.2) is 71.4 Å². The molecule has 9 nitrogen and oxygen atoms in total. The van der Waals surface area contributed by atoms with Crippen LogP contribution in [0.25, 0.3) is 0 Å². The van der Waals surface area contributed by atoms with Crippen LogP contribution in [-0.4, -0.2) is 39.2 Å². The van der Waals surface area contributed by atoms with Gasteiger partial charge in [-0.2, -0.15) is 0 Å². The molecule has 3 aliphatic rings. The lowest BCUT2D eigenvalue weighted by Crippen LogP contribution is -2.25. The topological polar surface area (TPSA) is 147 Å². The number of ether oxygens (including phenoxy) is 2. The highest BCUT2D eigenvalue weighted by atomic mass is 16.6. The van der Waals surface area contributed by atoms with Crippen LogP contribution in [0.1, 0.15) is 50.6 Å². The summed E-state index contributed by atoms with van der Waals surface area (Å²) < 4.78 is 11.0. The number of hydrogen-bond donors (Lipinski definition) is 3. The number of fused-ring (bicyclic) bond motifs is 2. The van der Waals surface area contributed by atoms with E-state index in [1.807, 2.05) is 0 Å². The lowest BCUT2D eigenvalue weighted by molar-refractivity contribution is -0.137. The molecule has 5 rings (SSSR count). The molecule has 0 aromatic heterocycles. The fraction of sp³-hybridized carbons (Fsp3) is 0.200. The molecule has 2 aromatic rings. The van der Waals surface area contributed by atoms with Gasteiger partial charge < -0.3 is 24.8 Å². The molecule has 0 saturated carbocycles. The highest BCUT2D eigenvalue weighted by Gasteiger charge is 2.56. The Morgan fingerprint density at radius 3 is 1.53 bits per heavy atom. The van der Waals surface area contributed by atoms with E-state index in [1.165, 1.54) is 48.5 Å². The first kappa shape index (κ1) is 21.4. The Hall–Kier alpha value is -4.40. The molecule has 172 valence electrons. The molecule has 2 aromatic carbocycles. The van der Waals surface area contributed by atoms with Crippen LogP contribution in [0.4, 0.5) is 0 Å². The Labute approximate surface area is 192 Å². The lowest BCUT2D eigenvalue weighted by Gasteiger charge is -2.27. The number of hydrogen-bond acceptors (Lipinski definition) is 7. The van der Waals surface area contributed by atoms with Gasteiger partial charge in [-0.15, -0.1) is 0 Å². The van der Waals surface area contributed by atoms with E-state index in [0.717, 1.165) is 0 Å². The second kappa shape index (κ2) is 7.58. The predicted octanol–water partition coefficient (Wildman–Crippen LogP) is 3.35. The minimum atomic E-state index is -1.11. The summed E-state index contributed by atoms with van der Waals surface area (Å²) in [6, 6.07) is 11.5. The van der Waals surface area contributed by atoms with Crippen LogP contribution in [0, 0.1) is 11.8 Å². The van der Waals surface area contributed by atoms with Crippen LogP contribution in [-0.2, 0) is 19.1 Å². The smallest absolute Gasteiger partial charge is 0.335 e. The Morgan fingerprint density at radius 2 is 1.09 bits per heavy atom. The Bertz CT molecular complexity index is 1210. The standard InChI is InChI=1S/C25H18O9/c1-10-15-16(11-2-6-13(7-3-11)22(27)28)24(31)34-21(15)19(26)18-17(25(32)33-20(10)18)12-4-8-14(9-5-12)23(29)30/h2-9,15-18,26H,1H3,(H,27,28)(H,29,30). The number of carboxylic acid groups (broad SMARTS) is 2. The van der Waals surface area contributed by atoms with Crippen molar-refractivity contribution in [3.05, 3.63) is 93.6 Å². The largest absolute Gasteiger partial charge is 0.508 e. The molecule has 9 heteroatoms. The number of benzene rings is 2. The Kier molecular flexibility index (Phi) is 4.78. The lowest BCUT2D eigenvalue weighted by atomic mass is 9.73. The molecule has 4 unspecified atom stereocenters. The minimum Gasteiger partial charge on any atom is -0.508 e. The molecular weight excluding hydrogens is 444 g/mol. The van der Waals surface area contributed by atoms with Crippen molar-refractivity contribution in [3.8, 4) is 0 Å². The number of allylic oxidation sites excluding steroid dienone is 1. The van der Waals surface area contributed by atoms with Gasteiger partial charge in [-0.05, 0) is 47.9 Å². The number of aromatic carboxylic acids is 2. The molecule has 2 fully saturated rings. The van der Waals surface area contributed by atoms with E-state index >= 15 is 0 Å². The molecule has 0 amide bonds. The summed E-state index contributed by atoms with van der Waals surface area (Å²) in [4.78, 5) is 47.9. The van der Waals surface area contributed by atoms with Gasteiger partial charge in [0.05, 0.1) is 34.8 Å². The van der Waals surface area contributed by atoms with Crippen LogP contribution in [0.3, 0.4) is 0 Å². The van der Waals surface area contributed by atoms with Crippen molar-refractivity contribution in [2.24, 2.45) is 11.8 Å². The maximum Gasteiger partial charge on any atom is 0.335 e. The summed E-state index contributed by atoms with van der Waals surface area (Å²) in [7, 11) is 0.